The van der Waals surface area contributed by atoms with Crippen LogP contribution in [0.4, 0.5) is 0 Å². The number of esters is 1. The molecule has 0 unspecified atom stereocenters. The van der Waals surface area contributed by atoms with Crippen molar-refractivity contribution in [1.29, 1.82) is 0 Å². The molecule has 0 saturated carbocycles. The maximum Gasteiger partial charge on any atom is 0.378 e. The summed E-state index contributed by atoms with van der Waals surface area (Å²) in [4.78, 5) is 16.0. The Morgan fingerprint density at radius 1 is 1.40 bits per heavy atom. The molecule has 0 fully saturated rings. The van der Waals surface area contributed by atoms with Gasteiger partial charge in [-0.15, -0.1) is 16.4 Å². The zero-order valence-corrected chi connectivity index (χ0v) is 12.0. The largest absolute Gasteiger partial charge is 0.460 e. The highest BCUT2D eigenvalue weighted by Gasteiger charge is 2.18. The fourth-order valence-corrected chi connectivity index (χ4v) is 2.99. The van der Waals surface area contributed by atoms with Crippen LogP contribution in [0.15, 0.2) is 29.6 Å². The van der Waals surface area contributed by atoms with E-state index in [1.165, 1.54) is 4.70 Å². The third-order valence-corrected chi connectivity index (χ3v) is 3.91. The smallest absolute Gasteiger partial charge is 0.378 e. The van der Waals surface area contributed by atoms with E-state index >= 15 is 0 Å². The van der Waals surface area contributed by atoms with E-state index < -0.39 is 5.97 Å². The molecule has 0 radical (unpaired) electrons. The average Bonchev–Trinajstić information content (AvgIpc) is 3.02. The molecule has 102 valence electrons. The summed E-state index contributed by atoms with van der Waals surface area (Å²) < 4.78 is 7.72. The first-order chi connectivity index (χ1) is 9.70. The topological polar surface area (TPSA) is 57.0 Å². The van der Waals surface area contributed by atoms with E-state index in [4.69, 9.17) is 4.74 Å². The van der Waals surface area contributed by atoms with E-state index in [-0.39, 0.29) is 5.82 Å². The van der Waals surface area contributed by atoms with Crippen LogP contribution in [-0.4, -0.2) is 27.3 Å². The minimum absolute atomic E-state index is 0.0969. The van der Waals surface area contributed by atoms with Crippen molar-refractivity contribution in [2.75, 3.05) is 6.61 Å². The Morgan fingerprint density at radius 3 is 3.00 bits per heavy atom. The molecule has 0 spiro atoms. The second-order valence-corrected chi connectivity index (χ2v) is 5.16. The number of carbonyl (C=O) groups is 1. The molecule has 0 amide bonds. The van der Waals surface area contributed by atoms with Crippen LogP contribution in [0.2, 0.25) is 0 Å². The van der Waals surface area contributed by atoms with Gasteiger partial charge in [-0.25, -0.2) is 14.5 Å². The average molecular weight is 287 g/mol. The first kappa shape index (κ1) is 12.8. The Bertz CT molecular complexity index is 776. The van der Waals surface area contributed by atoms with Crippen LogP contribution in [-0.2, 0) is 11.8 Å². The van der Waals surface area contributed by atoms with Crippen LogP contribution in [0.25, 0.3) is 21.5 Å². The highest BCUT2D eigenvalue weighted by molar-refractivity contribution is 7.17. The van der Waals surface area contributed by atoms with Crippen molar-refractivity contribution >= 4 is 27.4 Å². The van der Waals surface area contributed by atoms with Crippen molar-refractivity contribution in [3.05, 3.63) is 35.5 Å². The number of fused-ring (bicyclic) bond motifs is 1. The molecule has 0 aliphatic carbocycles. The molecule has 0 atom stereocenters. The Kier molecular flexibility index (Phi) is 3.23. The number of aromatic nitrogens is 3. The number of hydrogen-bond donors (Lipinski definition) is 0. The molecule has 20 heavy (non-hydrogen) atoms. The van der Waals surface area contributed by atoms with Gasteiger partial charge in [0.05, 0.1) is 6.61 Å². The highest BCUT2D eigenvalue weighted by Crippen LogP contribution is 2.32. The summed E-state index contributed by atoms with van der Waals surface area (Å²) in [7, 11) is 1.78. The predicted octanol–water partition coefficient (Wildman–Crippen LogP) is 2.87. The number of aryl methyl sites for hydroxylation is 1. The van der Waals surface area contributed by atoms with E-state index in [1.54, 1.807) is 30.0 Å². The van der Waals surface area contributed by atoms with Crippen LogP contribution in [0.1, 0.15) is 17.5 Å². The lowest BCUT2D eigenvalue weighted by Gasteiger charge is -1.97. The number of hydrogen-bond acceptors (Lipinski definition) is 5. The minimum Gasteiger partial charge on any atom is -0.460 e. The third-order valence-electron chi connectivity index (χ3n) is 2.94. The number of thiophene rings is 1. The lowest BCUT2D eigenvalue weighted by atomic mass is 10.2. The number of ether oxygens (including phenoxy) is 1. The van der Waals surface area contributed by atoms with E-state index in [0.717, 1.165) is 10.9 Å². The van der Waals surface area contributed by atoms with E-state index in [9.17, 15) is 4.79 Å². The van der Waals surface area contributed by atoms with E-state index in [0.29, 0.717) is 12.4 Å². The van der Waals surface area contributed by atoms with Crippen molar-refractivity contribution in [2.45, 2.75) is 6.92 Å². The molecule has 1 aromatic carbocycles. The van der Waals surface area contributed by atoms with Gasteiger partial charge in [-0.2, -0.15) is 0 Å². The van der Waals surface area contributed by atoms with Crippen molar-refractivity contribution < 1.29 is 9.53 Å². The molecule has 6 heteroatoms. The Balaban J connectivity index is 2.08. The molecule has 2 aromatic heterocycles. The van der Waals surface area contributed by atoms with Crippen molar-refractivity contribution in [1.82, 2.24) is 14.8 Å². The van der Waals surface area contributed by atoms with Crippen molar-refractivity contribution in [2.24, 2.45) is 7.05 Å². The predicted molar refractivity (Wildman–Crippen MR) is 77.8 cm³/mol. The van der Waals surface area contributed by atoms with Gasteiger partial charge in [0.15, 0.2) is 5.82 Å². The first-order valence-corrected chi connectivity index (χ1v) is 7.13. The van der Waals surface area contributed by atoms with Gasteiger partial charge >= 0.3 is 5.97 Å². The van der Waals surface area contributed by atoms with Gasteiger partial charge in [-0.05, 0) is 13.0 Å². The summed E-state index contributed by atoms with van der Waals surface area (Å²) in [6, 6.07) is 8.09. The second-order valence-electron chi connectivity index (χ2n) is 4.25. The van der Waals surface area contributed by atoms with Crippen LogP contribution < -0.4 is 0 Å². The maximum atomic E-state index is 11.7. The molecule has 5 nitrogen and oxygen atoms in total. The van der Waals surface area contributed by atoms with Gasteiger partial charge in [-0.3, -0.25) is 0 Å². The fourth-order valence-electron chi connectivity index (χ4n) is 2.05. The second kappa shape index (κ2) is 5.05. The van der Waals surface area contributed by atoms with Crippen LogP contribution >= 0.6 is 11.3 Å². The number of carbonyl (C=O) groups excluding carboxylic acids is 1. The highest BCUT2D eigenvalue weighted by atomic mass is 32.1. The Morgan fingerprint density at radius 2 is 2.20 bits per heavy atom. The van der Waals surface area contributed by atoms with Crippen LogP contribution in [0.3, 0.4) is 0 Å². The molecule has 0 N–H and O–H groups in total. The van der Waals surface area contributed by atoms with E-state index in [2.05, 4.69) is 16.1 Å². The Labute approximate surface area is 119 Å². The SMILES string of the molecule is CCOC(=O)c1nc(-c2csc3ccccc23)n(C)n1. The van der Waals surface area contributed by atoms with Gasteiger partial charge in [0.2, 0.25) is 0 Å². The summed E-state index contributed by atoms with van der Waals surface area (Å²) in [5.74, 6) is 0.277. The number of nitrogens with zero attached hydrogens (tertiary/aromatic N) is 3. The zero-order valence-electron chi connectivity index (χ0n) is 11.2. The lowest BCUT2D eigenvalue weighted by molar-refractivity contribution is 0.0512. The maximum absolute atomic E-state index is 11.7. The quantitative estimate of drug-likeness (QED) is 0.695. The zero-order chi connectivity index (χ0) is 14.1. The molecule has 3 rings (SSSR count). The molecule has 2 heterocycles. The Hall–Kier alpha value is -2.21. The van der Waals surface area contributed by atoms with Gasteiger partial charge < -0.3 is 4.74 Å². The van der Waals surface area contributed by atoms with E-state index in [1.807, 2.05) is 23.6 Å². The molecule has 0 aliphatic rings. The van der Waals surface area contributed by atoms with Crippen LogP contribution in [0, 0.1) is 0 Å². The van der Waals surface area contributed by atoms with Crippen molar-refractivity contribution in [3.63, 3.8) is 0 Å². The first-order valence-electron chi connectivity index (χ1n) is 6.25. The van der Waals surface area contributed by atoms with Crippen LogP contribution in [0.5, 0.6) is 0 Å². The van der Waals surface area contributed by atoms with Gasteiger partial charge in [0.25, 0.3) is 5.82 Å². The van der Waals surface area contributed by atoms with Gasteiger partial charge in [0, 0.05) is 28.1 Å². The third kappa shape index (κ3) is 2.08. The fraction of sp³-hybridized carbons (Fsp3) is 0.214. The monoisotopic (exact) mass is 287 g/mol. The molecular weight excluding hydrogens is 274 g/mol. The lowest BCUT2D eigenvalue weighted by Crippen LogP contribution is -2.07. The summed E-state index contributed by atoms with van der Waals surface area (Å²) in [5, 5.41) is 7.27. The van der Waals surface area contributed by atoms with Gasteiger partial charge in [0.1, 0.15) is 0 Å². The van der Waals surface area contributed by atoms with Crippen molar-refractivity contribution in [3.8, 4) is 11.4 Å². The summed E-state index contributed by atoms with van der Waals surface area (Å²) in [6.45, 7) is 2.07. The standard InChI is InChI=1S/C14H13N3O2S/c1-3-19-14(18)12-15-13(17(2)16-12)10-8-20-11-7-5-4-6-9(10)11/h4-8H,3H2,1-2H3. The summed E-state index contributed by atoms with van der Waals surface area (Å²) >= 11 is 1.65. The molecule has 0 bridgehead atoms. The van der Waals surface area contributed by atoms with Gasteiger partial charge in [-0.1, -0.05) is 18.2 Å². The molecule has 3 aromatic rings. The number of benzene rings is 1. The minimum atomic E-state index is -0.492. The molecular formula is C14H13N3O2S. The summed E-state index contributed by atoms with van der Waals surface area (Å²) in [5.41, 5.74) is 0.983. The number of rotatable bonds is 3. The normalized spacial score (nSPS) is 10.9. The summed E-state index contributed by atoms with van der Waals surface area (Å²) in [6.07, 6.45) is 0. The molecule has 0 saturated heterocycles. The molecule has 0 aliphatic heterocycles.